The molecule has 2 aliphatic rings. The minimum Gasteiger partial charge on any atom is -0.492 e. The summed E-state index contributed by atoms with van der Waals surface area (Å²) < 4.78 is 22.4. The van der Waals surface area contributed by atoms with E-state index >= 15 is 4.39 Å². The molecule has 1 aromatic heterocycles. The number of benzene rings is 1. The third-order valence-corrected chi connectivity index (χ3v) is 5.85. The van der Waals surface area contributed by atoms with E-state index in [1.54, 1.807) is 9.47 Å². The second-order valence-corrected chi connectivity index (χ2v) is 7.70. The fourth-order valence-electron chi connectivity index (χ4n) is 4.18. The molecule has 0 spiro atoms. The molecule has 29 heavy (non-hydrogen) atoms. The number of nitrogens with zero attached hydrogens (tertiary/aromatic N) is 2. The number of aliphatic hydroxyl groups excluding tert-OH is 2. The van der Waals surface area contributed by atoms with Crippen molar-refractivity contribution in [1.82, 2.24) is 4.57 Å². The molecule has 1 aliphatic heterocycles. The first-order chi connectivity index (χ1) is 13.9. The normalized spacial score (nSPS) is 20.3. The molecule has 1 aromatic carbocycles. The van der Waals surface area contributed by atoms with Gasteiger partial charge in [0.1, 0.15) is 11.3 Å². The number of aliphatic hydroxyl groups is 2. The second-order valence-electron chi connectivity index (χ2n) is 7.70. The zero-order valence-corrected chi connectivity index (χ0v) is 16.0. The molecule has 2 unspecified atom stereocenters. The van der Waals surface area contributed by atoms with Crippen molar-refractivity contribution < 1.29 is 29.2 Å². The number of anilines is 1. The summed E-state index contributed by atoms with van der Waals surface area (Å²) in [5.41, 5.74) is -0.578. The number of carboxylic acids is 1. The van der Waals surface area contributed by atoms with E-state index in [4.69, 9.17) is 4.74 Å². The maximum atomic E-state index is 15.2. The molecule has 8 nitrogen and oxygen atoms in total. The Hall–Kier alpha value is -2.65. The van der Waals surface area contributed by atoms with Gasteiger partial charge in [-0.1, -0.05) is 0 Å². The van der Waals surface area contributed by atoms with Crippen LogP contribution in [0.5, 0.6) is 5.75 Å². The second kappa shape index (κ2) is 7.31. The number of fused-ring (bicyclic) bond motifs is 1. The van der Waals surface area contributed by atoms with E-state index in [2.05, 4.69) is 0 Å². The highest BCUT2D eigenvalue weighted by Gasteiger charge is 2.34. The maximum Gasteiger partial charge on any atom is 0.341 e. The lowest BCUT2D eigenvalue weighted by atomic mass is 10.0. The quantitative estimate of drug-likeness (QED) is 0.664. The molecule has 0 amide bonds. The van der Waals surface area contributed by atoms with E-state index in [-0.39, 0.29) is 35.4 Å². The van der Waals surface area contributed by atoms with Gasteiger partial charge in [-0.15, -0.1) is 0 Å². The number of aromatic nitrogens is 1. The van der Waals surface area contributed by atoms with Crippen LogP contribution in [-0.2, 0) is 0 Å². The lowest BCUT2D eigenvalue weighted by Gasteiger charge is -2.25. The Balaban J connectivity index is 1.93. The van der Waals surface area contributed by atoms with Gasteiger partial charge in [0, 0.05) is 31.2 Å². The van der Waals surface area contributed by atoms with Crippen LogP contribution in [0.2, 0.25) is 0 Å². The number of hydrogen-bond acceptors (Lipinski definition) is 6. The van der Waals surface area contributed by atoms with E-state index in [0.717, 1.165) is 18.9 Å². The van der Waals surface area contributed by atoms with Gasteiger partial charge in [0.05, 0.1) is 30.7 Å². The molecule has 2 heterocycles. The third-order valence-electron chi connectivity index (χ3n) is 5.85. The van der Waals surface area contributed by atoms with Crippen LogP contribution in [0.3, 0.4) is 0 Å². The van der Waals surface area contributed by atoms with Gasteiger partial charge in [0.2, 0.25) is 5.43 Å². The Morgan fingerprint density at radius 2 is 2.10 bits per heavy atom. The van der Waals surface area contributed by atoms with Gasteiger partial charge >= 0.3 is 5.97 Å². The van der Waals surface area contributed by atoms with Crippen molar-refractivity contribution in [3.63, 3.8) is 0 Å². The molecule has 156 valence electrons. The summed E-state index contributed by atoms with van der Waals surface area (Å²) in [5.74, 6) is -2.06. The fraction of sp³-hybridized carbons (Fsp3) is 0.500. The molecule has 0 bridgehead atoms. The average Bonchev–Trinajstić information content (AvgIpc) is 3.43. The standard InChI is InChI=1S/C20H23FN2O6/c1-29-19-16-12(18(26)13(20(27)28)8-23(16)11-2-3-11)6-14(21)17(19)22-5-4-10(7-22)15(25)9-24/h6,8,10-11,15,24-25H,2-5,7,9H2,1H3,(H,27,28). The summed E-state index contributed by atoms with van der Waals surface area (Å²) in [7, 11) is 1.39. The predicted octanol–water partition coefficient (Wildman–Crippen LogP) is 1.36. The monoisotopic (exact) mass is 406 g/mol. The van der Waals surface area contributed by atoms with E-state index in [9.17, 15) is 24.9 Å². The number of rotatable bonds is 6. The topological polar surface area (TPSA) is 112 Å². The smallest absolute Gasteiger partial charge is 0.341 e. The third kappa shape index (κ3) is 3.24. The van der Waals surface area contributed by atoms with Crippen LogP contribution >= 0.6 is 0 Å². The van der Waals surface area contributed by atoms with Crippen molar-refractivity contribution >= 4 is 22.6 Å². The molecule has 2 atom stereocenters. The number of hydrogen-bond donors (Lipinski definition) is 3. The van der Waals surface area contributed by atoms with Crippen LogP contribution in [0.4, 0.5) is 10.1 Å². The first-order valence-corrected chi connectivity index (χ1v) is 9.59. The number of ether oxygens (including phenoxy) is 1. The number of methoxy groups -OCH3 is 1. The number of aromatic carboxylic acids is 1. The molecule has 1 saturated carbocycles. The van der Waals surface area contributed by atoms with E-state index < -0.39 is 28.9 Å². The van der Waals surface area contributed by atoms with Crippen LogP contribution in [0.15, 0.2) is 17.1 Å². The molecule has 1 aliphatic carbocycles. The first-order valence-electron chi connectivity index (χ1n) is 9.59. The summed E-state index contributed by atoms with van der Waals surface area (Å²) in [4.78, 5) is 26.0. The van der Waals surface area contributed by atoms with E-state index in [0.29, 0.717) is 25.0 Å². The summed E-state index contributed by atoms with van der Waals surface area (Å²) in [5, 5.41) is 28.5. The van der Waals surface area contributed by atoms with Crippen LogP contribution in [-0.4, -0.2) is 58.8 Å². The highest BCUT2D eigenvalue weighted by molar-refractivity contribution is 5.97. The molecule has 0 radical (unpaired) electrons. The lowest BCUT2D eigenvalue weighted by Crippen LogP contribution is -2.29. The summed E-state index contributed by atoms with van der Waals surface area (Å²) >= 11 is 0. The van der Waals surface area contributed by atoms with Crippen molar-refractivity contribution in [2.24, 2.45) is 5.92 Å². The van der Waals surface area contributed by atoms with Gasteiger partial charge < -0.3 is 29.5 Å². The predicted molar refractivity (Wildman–Crippen MR) is 103 cm³/mol. The van der Waals surface area contributed by atoms with Gasteiger partial charge in [-0.2, -0.15) is 0 Å². The minimum absolute atomic E-state index is 0.0268. The van der Waals surface area contributed by atoms with E-state index in [1.807, 2.05) is 0 Å². The zero-order chi connectivity index (χ0) is 20.9. The number of pyridine rings is 1. The van der Waals surface area contributed by atoms with Gasteiger partial charge in [0.25, 0.3) is 0 Å². The molecule has 9 heteroatoms. The average molecular weight is 406 g/mol. The van der Waals surface area contributed by atoms with E-state index in [1.165, 1.54) is 13.3 Å². The lowest BCUT2D eigenvalue weighted by molar-refractivity contribution is 0.0545. The molecular formula is C20H23FN2O6. The fourth-order valence-corrected chi connectivity index (χ4v) is 4.18. The molecule has 2 fully saturated rings. The van der Waals surface area contributed by atoms with Gasteiger partial charge in [0.15, 0.2) is 11.6 Å². The van der Waals surface area contributed by atoms with Crippen LogP contribution in [0.1, 0.15) is 35.7 Å². The Labute approximate surface area is 165 Å². The zero-order valence-electron chi connectivity index (χ0n) is 16.0. The van der Waals surface area contributed by atoms with Crippen molar-refractivity contribution in [3.05, 3.63) is 33.9 Å². The number of carboxylic acid groups (broad SMARTS) is 1. The highest BCUT2D eigenvalue weighted by atomic mass is 19.1. The molecule has 4 rings (SSSR count). The van der Waals surface area contributed by atoms with Crippen molar-refractivity contribution in [2.75, 3.05) is 31.7 Å². The van der Waals surface area contributed by atoms with Crippen molar-refractivity contribution in [3.8, 4) is 5.75 Å². The summed E-state index contributed by atoms with van der Waals surface area (Å²) in [6.07, 6.45) is 2.67. The Kier molecular flexibility index (Phi) is 4.95. The molecular weight excluding hydrogens is 383 g/mol. The van der Waals surface area contributed by atoms with Crippen molar-refractivity contribution in [1.29, 1.82) is 0 Å². The Morgan fingerprint density at radius 1 is 1.38 bits per heavy atom. The van der Waals surface area contributed by atoms with Crippen molar-refractivity contribution in [2.45, 2.75) is 31.4 Å². The Morgan fingerprint density at radius 3 is 2.69 bits per heavy atom. The number of carbonyl (C=O) groups is 1. The van der Waals surface area contributed by atoms with Crippen LogP contribution in [0, 0.1) is 11.7 Å². The maximum absolute atomic E-state index is 15.2. The van der Waals surface area contributed by atoms with Gasteiger partial charge in [-0.3, -0.25) is 4.79 Å². The Bertz CT molecular complexity index is 1030. The first kappa shape index (κ1) is 19.7. The van der Waals surface area contributed by atoms with Gasteiger partial charge in [-0.25, -0.2) is 9.18 Å². The van der Waals surface area contributed by atoms with Crippen LogP contribution in [0.25, 0.3) is 10.9 Å². The largest absolute Gasteiger partial charge is 0.492 e. The van der Waals surface area contributed by atoms with Crippen LogP contribution < -0.4 is 15.1 Å². The number of halogens is 1. The molecule has 3 N–H and O–H groups in total. The highest BCUT2D eigenvalue weighted by Crippen LogP contribution is 2.44. The SMILES string of the molecule is COc1c(N2CCC(C(O)CO)C2)c(F)cc2c(=O)c(C(=O)O)cn(C3CC3)c12. The minimum atomic E-state index is -1.35. The molecule has 1 saturated heterocycles. The van der Waals surface area contributed by atoms with Gasteiger partial charge in [-0.05, 0) is 25.3 Å². The summed E-state index contributed by atoms with van der Waals surface area (Å²) in [6, 6.07) is 1.11. The molecule has 2 aromatic rings. The summed E-state index contributed by atoms with van der Waals surface area (Å²) in [6.45, 7) is 0.428.